The molecule has 0 bridgehead atoms. The third kappa shape index (κ3) is 7.82. The number of hydrogen-bond donors (Lipinski definition) is 3. The van der Waals surface area contributed by atoms with Gasteiger partial charge in [0.1, 0.15) is 5.60 Å². The number of aromatic nitrogens is 2. The molecule has 1 saturated carbocycles. The Kier molecular flexibility index (Phi) is 10.5. The average molecular weight is 477 g/mol. The molecule has 1 aliphatic carbocycles. The van der Waals surface area contributed by atoms with E-state index >= 15 is 0 Å². The van der Waals surface area contributed by atoms with Crippen molar-refractivity contribution < 1.29 is 5.11 Å². The quantitative estimate of drug-likeness (QED) is 0.334. The molecule has 1 heterocycles. The number of guanidine groups is 1. The molecule has 150 valence electrons. The van der Waals surface area contributed by atoms with Crippen LogP contribution in [0.5, 0.6) is 0 Å². The minimum atomic E-state index is -1.02. The van der Waals surface area contributed by atoms with Gasteiger partial charge in [0.25, 0.3) is 0 Å². The van der Waals surface area contributed by atoms with Crippen LogP contribution < -0.4 is 10.6 Å². The average Bonchev–Trinajstić information content (AvgIpc) is 2.99. The van der Waals surface area contributed by atoms with Crippen LogP contribution in [-0.2, 0) is 12.6 Å². The number of aliphatic imine (C=N–C) groups is 1. The maximum Gasteiger partial charge on any atom is 0.191 e. The maximum absolute atomic E-state index is 10.7. The monoisotopic (exact) mass is 477 g/mol. The summed E-state index contributed by atoms with van der Waals surface area (Å²) in [6, 6.07) is 0. The molecule has 0 amide bonds. The van der Waals surface area contributed by atoms with Crippen molar-refractivity contribution in [3.8, 4) is 0 Å². The molecule has 1 aliphatic rings. The Morgan fingerprint density at radius 1 is 1.27 bits per heavy atom. The summed E-state index contributed by atoms with van der Waals surface area (Å²) in [4.78, 5) is 4.60. The summed E-state index contributed by atoms with van der Waals surface area (Å²) >= 11 is 0. The Morgan fingerprint density at radius 3 is 2.50 bits per heavy atom. The van der Waals surface area contributed by atoms with Crippen LogP contribution in [0.3, 0.4) is 0 Å². The maximum atomic E-state index is 10.7. The number of aryl methyl sites for hydroxylation is 1. The summed E-state index contributed by atoms with van der Waals surface area (Å²) in [5.41, 5.74) is -0.230. The highest BCUT2D eigenvalue weighted by atomic mass is 127. The summed E-state index contributed by atoms with van der Waals surface area (Å²) < 4.78 is 1.70. The normalized spacial score (nSPS) is 19.0. The summed E-state index contributed by atoms with van der Waals surface area (Å²) in [5.74, 6) is 1.51. The molecule has 26 heavy (non-hydrogen) atoms. The van der Waals surface area contributed by atoms with Gasteiger partial charge in [0.2, 0.25) is 0 Å². The van der Waals surface area contributed by atoms with E-state index in [1.54, 1.807) is 17.8 Å². The zero-order chi connectivity index (χ0) is 18.1. The molecule has 1 aromatic heterocycles. The van der Waals surface area contributed by atoms with Crippen LogP contribution in [0, 0.1) is 5.92 Å². The van der Waals surface area contributed by atoms with Gasteiger partial charge in [-0.25, -0.2) is 4.99 Å². The number of rotatable bonds is 6. The second kappa shape index (κ2) is 11.8. The number of halogens is 1. The van der Waals surface area contributed by atoms with Crippen molar-refractivity contribution >= 4 is 29.9 Å². The third-order valence-electron chi connectivity index (χ3n) is 5.00. The zero-order valence-electron chi connectivity index (χ0n) is 16.5. The fourth-order valence-electron chi connectivity index (χ4n) is 3.35. The molecule has 6 nitrogen and oxygen atoms in total. The van der Waals surface area contributed by atoms with Crippen LogP contribution in [0.25, 0.3) is 0 Å². The molecule has 2 rings (SSSR count). The molecular formula is C19H36IN5O. The minimum Gasteiger partial charge on any atom is -0.383 e. The minimum absolute atomic E-state index is 0. The highest BCUT2D eigenvalue weighted by molar-refractivity contribution is 14.0. The van der Waals surface area contributed by atoms with Crippen LogP contribution in [0.4, 0.5) is 0 Å². The van der Waals surface area contributed by atoms with Crippen LogP contribution in [0.1, 0.15) is 64.4 Å². The van der Waals surface area contributed by atoms with E-state index in [0.717, 1.165) is 30.5 Å². The first-order chi connectivity index (χ1) is 12.0. The van der Waals surface area contributed by atoms with Gasteiger partial charge in [0, 0.05) is 31.9 Å². The van der Waals surface area contributed by atoms with E-state index in [1.165, 1.54) is 44.9 Å². The number of nitrogens with one attached hydrogen (secondary N) is 2. The molecule has 0 saturated heterocycles. The molecule has 3 N–H and O–H groups in total. The van der Waals surface area contributed by atoms with Crippen molar-refractivity contribution in [1.29, 1.82) is 0 Å². The Hall–Kier alpha value is -0.830. The highest BCUT2D eigenvalue weighted by Crippen LogP contribution is 2.22. The van der Waals surface area contributed by atoms with Gasteiger partial charge in [-0.05, 0) is 32.6 Å². The van der Waals surface area contributed by atoms with Crippen molar-refractivity contribution in [2.24, 2.45) is 18.0 Å². The van der Waals surface area contributed by atoms with Gasteiger partial charge >= 0.3 is 0 Å². The molecule has 1 aromatic rings. The van der Waals surface area contributed by atoms with Gasteiger partial charge in [-0.3, -0.25) is 4.68 Å². The van der Waals surface area contributed by atoms with Gasteiger partial charge in [0.05, 0.1) is 12.7 Å². The van der Waals surface area contributed by atoms with E-state index in [9.17, 15) is 5.11 Å². The molecule has 1 unspecified atom stereocenters. The van der Waals surface area contributed by atoms with E-state index in [-0.39, 0.29) is 24.0 Å². The fraction of sp³-hybridized carbons (Fsp3) is 0.789. The van der Waals surface area contributed by atoms with Crippen LogP contribution in [-0.4, -0.2) is 40.5 Å². The summed E-state index contributed by atoms with van der Waals surface area (Å²) in [5, 5.41) is 21.6. The first kappa shape index (κ1) is 23.2. The van der Waals surface area contributed by atoms with E-state index in [4.69, 9.17) is 0 Å². The third-order valence-corrected chi connectivity index (χ3v) is 5.00. The number of nitrogens with zero attached hydrogens (tertiary/aromatic N) is 3. The molecule has 0 aliphatic heterocycles. The first-order valence-corrected chi connectivity index (χ1v) is 9.75. The molecule has 1 atom stereocenters. The largest absolute Gasteiger partial charge is 0.383 e. The SMILES string of the molecule is CCNC(=NCC(C)(O)c1cnn(C)c1)NCC1CCCCCCC1.I. The second-order valence-electron chi connectivity index (χ2n) is 7.46. The van der Waals surface area contributed by atoms with E-state index in [1.807, 2.05) is 13.2 Å². The lowest BCUT2D eigenvalue weighted by Gasteiger charge is -2.23. The molecule has 7 heteroatoms. The van der Waals surface area contributed by atoms with Gasteiger partial charge in [0.15, 0.2) is 5.96 Å². The van der Waals surface area contributed by atoms with Crippen molar-refractivity contribution in [2.75, 3.05) is 19.6 Å². The molecule has 0 aromatic carbocycles. The van der Waals surface area contributed by atoms with Gasteiger partial charge in [-0.2, -0.15) is 5.10 Å². The Labute approximate surface area is 175 Å². The summed E-state index contributed by atoms with van der Waals surface area (Å²) in [6.07, 6.45) is 13.0. The second-order valence-corrected chi connectivity index (χ2v) is 7.46. The first-order valence-electron chi connectivity index (χ1n) is 9.75. The molecular weight excluding hydrogens is 441 g/mol. The van der Waals surface area contributed by atoms with Gasteiger partial charge in [-0.15, -0.1) is 24.0 Å². The Balaban J connectivity index is 0.00000338. The van der Waals surface area contributed by atoms with Crippen molar-refractivity contribution in [1.82, 2.24) is 20.4 Å². The predicted octanol–water partition coefficient (Wildman–Crippen LogP) is 3.16. The van der Waals surface area contributed by atoms with Crippen molar-refractivity contribution in [2.45, 2.75) is 64.4 Å². The van der Waals surface area contributed by atoms with Crippen LogP contribution in [0.2, 0.25) is 0 Å². The predicted molar refractivity (Wildman–Crippen MR) is 118 cm³/mol. The summed E-state index contributed by atoms with van der Waals surface area (Å²) in [6.45, 7) is 5.92. The topological polar surface area (TPSA) is 74.5 Å². The molecule has 0 spiro atoms. The highest BCUT2D eigenvalue weighted by Gasteiger charge is 2.24. The number of aliphatic hydroxyl groups is 1. The zero-order valence-corrected chi connectivity index (χ0v) is 18.8. The van der Waals surface area contributed by atoms with Crippen molar-refractivity contribution in [3.63, 3.8) is 0 Å². The van der Waals surface area contributed by atoms with E-state index in [0.29, 0.717) is 6.54 Å². The standard InChI is InChI=1S/C19H35N5O.HI/c1-4-20-18(21-12-16-10-8-6-5-7-9-11-16)22-15-19(2,25)17-13-23-24(3)14-17;/h13-14,16,25H,4-12,15H2,1-3H3,(H2,20,21,22);1H. The Bertz CT molecular complexity index is 536. The summed E-state index contributed by atoms with van der Waals surface area (Å²) in [7, 11) is 1.85. The molecule has 0 radical (unpaired) electrons. The lowest BCUT2D eigenvalue weighted by Crippen LogP contribution is -2.41. The lowest BCUT2D eigenvalue weighted by molar-refractivity contribution is 0.0671. The van der Waals surface area contributed by atoms with E-state index < -0.39 is 5.60 Å². The number of hydrogen-bond acceptors (Lipinski definition) is 3. The van der Waals surface area contributed by atoms with Gasteiger partial charge in [-0.1, -0.05) is 32.1 Å². The van der Waals surface area contributed by atoms with Crippen LogP contribution >= 0.6 is 24.0 Å². The van der Waals surface area contributed by atoms with Crippen LogP contribution in [0.15, 0.2) is 17.4 Å². The van der Waals surface area contributed by atoms with Gasteiger partial charge < -0.3 is 15.7 Å². The van der Waals surface area contributed by atoms with E-state index in [2.05, 4.69) is 27.6 Å². The van der Waals surface area contributed by atoms with Crippen molar-refractivity contribution in [3.05, 3.63) is 18.0 Å². The Morgan fingerprint density at radius 2 is 1.92 bits per heavy atom. The lowest BCUT2D eigenvalue weighted by atomic mass is 9.91. The fourth-order valence-corrected chi connectivity index (χ4v) is 3.35. The molecule has 1 fully saturated rings. The smallest absolute Gasteiger partial charge is 0.191 e.